The third-order valence-corrected chi connectivity index (χ3v) is 6.47. The van der Waals surface area contributed by atoms with E-state index < -0.39 is 16.0 Å². The minimum Gasteiger partial charge on any atom is -0.478 e. The van der Waals surface area contributed by atoms with E-state index in [0.29, 0.717) is 17.7 Å². The van der Waals surface area contributed by atoms with Crippen molar-refractivity contribution in [1.82, 2.24) is 4.72 Å². The molecule has 2 rings (SSSR count). The van der Waals surface area contributed by atoms with Crippen LogP contribution in [0.2, 0.25) is 0 Å². The number of nitrogens with one attached hydrogen (secondary N) is 1. The number of benzene rings is 2. The normalized spacial score (nSPS) is 11.5. The first-order chi connectivity index (χ1) is 12.4. The first kappa shape index (κ1) is 20.5. The van der Waals surface area contributed by atoms with E-state index in [1.54, 1.807) is 17.8 Å². The van der Waals surface area contributed by atoms with Gasteiger partial charge in [0.15, 0.2) is 0 Å². The third-order valence-electron chi connectivity index (χ3n) is 4.00. The number of rotatable bonds is 9. The molecule has 140 valence electrons. The van der Waals surface area contributed by atoms with Crippen LogP contribution in [0.4, 0.5) is 0 Å². The molecule has 2 aromatic carbocycles. The van der Waals surface area contributed by atoms with Crippen LogP contribution in [0.15, 0.2) is 52.3 Å². The number of hydrogen-bond donors (Lipinski definition) is 2. The number of aromatic carboxylic acids is 1. The summed E-state index contributed by atoms with van der Waals surface area (Å²) in [6, 6.07) is 12.4. The maximum atomic E-state index is 12.4. The van der Waals surface area contributed by atoms with Crippen LogP contribution in [0.25, 0.3) is 0 Å². The lowest BCUT2D eigenvalue weighted by Gasteiger charge is -2.10. The van der Waals surface area contributed by atoms with E-state index >= 15 is 0 Å². The number of carbonyl (C=O) groups is 1. The van der Waals surface area contributed by atoms with Gasteiger partial charge in [-0.25, -0.2) is 17.9 Å². The Labute approximate surface area is 158 Å². The van der Waals surface area contributed by atoms with Crippen LogP contribution in [-0.2, 0) is 22.9 Å². The zero-order valence-corrected chi connectivity index (χ0v) is 16.5. The summed E-state index contributed by atoms with van der Waals surface area (Å²) in [5, 5.41) is 9.25. The quantitative estimate of drug-likeness (QED) is 0.503. The second-order valence-corrected chi connectivity index (χ2v) is 8.66. The Morgan fingerprint density at radius 1 is 1.08 bits per heavy atom. The number of carboxylic acid groups (broad SMARTS) is 1. The van der Waals surface area contributed by atoms with Crippen molar-refractivity contribution in [3.8, 4) is 0 Å². The molecule has 0 aliphatic heterocycles. The zero-order chi connectivity index (χ0) is 19.2. The molecular weight excluding hydrogens is 370 g/mol. The molecule has 0 radical (unpaired) electrons. The minimum atomic E-state index is -3.73. The van der Waals surface area contributed by atoms with E-state index in [4.69, 9.17) is 0 Å². The van der Waals surface area contributed by atoms with Crippen LogP contribution < -0.4 is 4.72 Å². The topological polar surface area (TPSA) is 83.5 Å². The van der Waals surface area contributed by atoms with E-state index in [9.17, 15) is 18.3 Å². The highest BCUT2D eigenvalue weighted by molar-refractivity contribution is 7.99. The van der Waals surface area contributed by atoms with Crippen LogP contribution in [-0.4, -0.2) is 31.8 Å². The number of thioether (sulfide) groups is 1. The van der Waals surface area contributed by atoms with Crippen LogP contribution in [0.5, 0.6) is 0 Å². The fourth-order valence-corrected chi connectivity index (χ4v) is 4.43. The molecule has 0 atom stereocenters. The number of hydrogen-bond acceptors (Lipinski definition) is 4. The summed E-state index contributed by atoms with van der Waals surface area (Å²) in [5.74, 6) is -0.534. The van der Waals surface area contributed by atoms with Crippen molar-refractivity contribution in [2.24, 2.45) is 0 Å². The van der Waals surface area contributed by atoms with Gasteiger partial charge in [0.1, 0.15) is 0 Å². The molecule has 0 fully saturated rings. The lowest BCUT2D eigenvalue weighted by atomic mass is 10.1. The van der Waals surface area contributed by atoms with Crippen LogP contribution >= 0.6 is 11.8 Å². The standard InChI is InChI=1S/C19H23NO4S2/c1-3-14-5-8-16(9-6-14)25-12-11-20-26(23,24)17-10-7-15(4-2)18(13-17)19(21)22/h5-10,13,20H,3-4,11-12H2,1-2H3,(H,21,22). The van der Waals surface area contributed by atoms with E-state index in [1.165, 1.54) is 17.7 Å². The maximum absolute atomic E-state index is 12.4. The first-order valence-corrected chi connectivity index (χ1v) is 10.9. The summed E-state index contributed by atoms with van der Waals surface area (Å²) in [6.07, 6.45) is 1.52. The summed E-state index contributed by atoms with van der Waals surface area (Å²) in [7, 11) is -3.73. The molecule has 0 saturated carbocycles. The molecule has 0 unspecified atom stereocenters. The van der Waals surface area contributed by atoms with Gasteiger partial charge < -0.3 is 5.11 Å². The maximum Gasteiger partial charge on any atom is 0.336 e. The minimum absolute atomic E-state index is 0.0237. The Hall–Kier alpha value is -1.83. The number of carboxylic acids is 1. The molecule has 0 spiro atoms. The summed E-state index contributed by atoms with van der Waals surface area (Å²) < 4.78 is 27.3. The predicted octanol–water partition coefficient (Wildman–Crippen LogP) is 3.58. The van der Waals surface area contributed by atoms with Gasteiger partial charge in [-0.05, 0) is 48.2 Å². The molecule has 0 amide bonds. The molecule has 0 bridgehead atoms. The highest BCUT2D eigenvalue weighted by atomic mass is 32.2. The highest BCUT2D eigenvalue weighted by Gasteiger charge is 2.18. The largest absolute Gasteiger partial charge is 0.478 e. The van der Waals surface area contributed by atoms with Crippen molar-refractivity contribution in [2.45, 2.75) is 36.5 Å². The van der Waals surface area contributed by atoms with Gasteiger partial charge in [-0.2, -0.15) is 0 Å². The summed E-state index contributed by atoms with van der Waals surface area (Å²) in [5.41, 5.74) is 1.91. The molecule has 26 heavy (non-hydrogen) atoms. The van der Waals surface area contributed by atoms with E-state index in [1.807, 2.05) is 19.1 Å². The Morgan fingerprint density at radius 3 is 2.35 bits per heavy atom. The van der Waals surface area contributed by atoms with Crippen LogP contribution in [0.1, 0.15) is 35.3 Å². The predicted molar refractivity (Wildman–Crippen MR) is 105 cm³/mol. The molecule has 0 aliphatic carbocycles. The lowest BCUT2D eigenvalue weighted by Crippen LogP contribution is -2.26. The summed E-state index contributed by atoms with van der Waals surface area (Å²) in [4.78, 5) is 12.4. The average Bonchev–Trinajstić information content (AvgIpc) is 2.65. The van der Waals surface area contributed by atoms with Gasteiger partial charge in [-0.3, -0.25) is 0 Å². The molecule has 7 heteroatoms. The summed E-state index contributed by atoms with van der Waals surface area (Å²) >= 11 is 1.57. The van der Waals surface area contributed by atoms with Crippen molar-refractivity contribution in [2.75, 3.05) is 12.3 Å². The molecule has 0 aromatic heterocycles. The fourth-order valence-electron chi connectivity index (χ4n) is 2.48. The Kier molecular flexibility index (Phi) is 7.25. The van der Waals surface area contributed by atoms with Crippen molar-refractivity contribution in [3.05, 3.63) is 59.2 Å². The van der Waals surface area contributed by atoms with Gasteiger partial charge in [0.05, 0.1) is 10.5 Å². The molecule has 5 nitrogen and oxygen atoms in total. The van der Waals surface area contributed by atoms with Crippen molar-refractivity contribution >= 4 is 27.8 Å². The van der Waals surface area contributed by atoms with Crippen LogP contribution in [0.3, 0.4) is 0 Å². The van der Waals surface area contributed by atoms with E-state index in [-0.39, 0.29) is 17.0 Å². The average molecular weight is 394 g/mol. The number of aryl methyl sites for hydroxylation is 2. The van der Waals surface area contributed by atoms with Gasteiger partial charge in [0.25, 0.3) is 0 Å². The van der Waals surface area contributed by atoms with Crippen molar-refractivity contribution in [1.29, 1.82) is 0 Å². The SMILES string of the molecule is CCc1ccc(SCCNS(=O)(=O)c2ccc(CC)c(C(=O)O)c2)cc1. The smallest absolute Gasteiger partial charge is 0.336 e. The van der Waals surface area contributed by atoms with Gasteiger partial charge in [-0.15, -0.1) is 11.8 Å². The monoisotopic (exact) mass is 393 g/mol. The van der Waals surface area contributed by atoms with Gasteiger partial charge in [0, 0.05) is 17.2 Å². The molecule has 0 heterocycles. The Balaban J connectivity index is 1.97. The molecule has 2 N–H and O–H groups in total. The second-order valence-electron chi connectivity index (χ2n) is 5.72. The van der Waals surface area contributed by atoms with E-state index in [0.717, 1.165) is 11.3 Å². The van der Waals surface area contributed by atoms with Crippen molar-refractivity contribution < 1.29 is 18.3 Å². The molecule has 0 aliphatic rings. The van der Waals surface area contributed by atoms with Gasteiger partial charge in [-0.1, -0.05) is 32.0 Å². The summed E-state index contributed by atoms with van der Waals surface area (Å²) in [6.45, 7) is 4.19. The fraction of sp³-hybridized carbons (Fsp3) is 0.316. The Morgan fingerprint density at radius 2 is 1.77 bits per heavy atom. The third kappa shape index (κ3) is 5.33. The van der Waals surface area contributed by atoms with Gasteiger partial charge >= 0.3 is 5.97 Å². The lowest BCUT2D eigenvalue weighted by molar-refractivity contribution is 0.0695. The van der Waals surface area contributed by atoms with Gasteiger partial charge in [0.2, 0.25) is 10.0 Å². The van der Waals surface area contributed by atoms with E-state index in [2.05, 4.69) is 23.8 Å². The highest BCUT2D eigenvalue weighted by Crippen LogP contribution is 2.19. The molecule has 0 saturated heterocycles. The number of sulfonamides is 1. The van der Waals surface area contributed by atoms with Crippen LogP contribution in [0, 0.1) is 0 Å². The zero-order valence-electron chi connectivity index (χ0n) is 14.9. The molecular formula is C19H23NO4S2. The second kappa shape index (κ2) is 9.21. The Bertz CT molecular complexity index is 862. The first-order valence-electron chi connectivity index (χ1n) is 8.45. The van der Waals surface area contributed by atoms with Crippen molar-refractivity contribution in [3.63, 3.8) is 0 Å². The molecule has 2 aromatic rings.